The number of pyridine rings is 1. The molecule has 6 heteroatoms. The monoisotopic (exact) mass is 372 g/mol. The third-order valence-corrected chi connectivity index (χ3v) is 4.86. The predicted molar refractivity (Wildman–Crippen MR) is 106 cm³/mol. The van der Waals surface area contributed by atoms with E-state index in [4.69, 9.17) is 0 Å². The Morgan fingerprint density at radius 2 is 2.00 bits per heavy atom. The molecule has 0 aliphatic carbocycles. The molecular weight excluding hydrogens is 359 g/mol. The Labute approximate surface area is 159 Å². The van der Waals surface area contributed by atoms with Gasteiger partial charge in [-0.25, -0.2) is 9.37 Å². The van der Waals surface area contributed by atoms with Crippen LogP contribution in [0.25, 0.3) is 27.7 Å². The molecule has 2 aromatic heterocycles. The first-order valence-electron chi connectivity index (χ1n) is 8.16. The number of hydrogen-bond acceptors (Lipinski definition) is 5. The first-order chi connectivity index (χ1) is 13.2. The average Bonchev–Trinajstić information content (AvgIpc) is 3.19. The van der Waals surface area contributed by atoms with Gasteiger partial charge in [-0.1, -0.05) is 6.07 Å². The molecule has 0 fully saturated rings. The minimum atomic E-state index is -0.290. The SMILES string of the molecule is N#CC(=CNc1ccc2ncccc2c1)c1nc(-c2ccc(F)cc2)cs1. The number of nitrogens with one attached hydrogen (secondary N) is 1. The highest BCUT2D eigenvalue weighted by Crippen LogP contribution is 2.26. The summed E-state index contributed by atoms with van der Waals surface area (Å²) in [6.07, 6.45) is 3.40. The summed E-state index contributed by atoms with van der Waals surface area (Å²) in [6.45, 7) is 0. The zero-order chi connectivity index (χ0) is 18.6. The van der Waals surface area contributed by atoms with Crippen molar-refractivity contribution in [2.24, 2.45) is 0 Å². The van der Waals surface area contributed by atoms with E-state index in [9.17, 15) is 9.65 Å². The number of hydrogen-bond donors (Lipinski definition) is 1. The molecular formula is C21H13FN4S. The fraction of sp³-hybridized carbons (Fsp3) is 0. The Morgan fingerprint density at radius 3 is 2.81 bits per heavy atom. The van der Waals surface area contributed by atoms with Gasteiger partial charge in [0.15, 0.2) is 0 Å². The lowest BCUT2D eigenvalue weighted by Crippen LogP contribution is -1.91. The van der Waals surface area contributed by atoms with Crippen LogP contribution in [0.1, 0.15) is 5.01 Å². The fourth-order valence-electron chi connectivity index (χ4n) is 2.61. The van der Waals surface area contributed by atoms with E-state index >= 15 is 0 Å². The molecule has 4 rings (SSSR count). The Morgan fingerprint density at radius 1 is 1.15 bits per heavy atom. The largest absolute Gasteiger partial charge is 0.360 e. The van der Waals surface area contributed by atoms with E-state index < -0.39 is 0 Å². The summed E-state index contributed by atoms with van der Waals surface area (Å²) < 4.78 is 13.1. The van der Waals surface area contributed by atoms with Crippen molar-refractivity contribution in [2.75, 3.05) is 5.32 Å². The van der Waals surface area contributed by atoms with Crippen molar-refractivity contribution >= 4 is 33.5 Å². The lowest BCUT2D eigenvalue weighted by Gasteiger charge is -2.03. The summed E-state index contributed by atoms with van der Waals surface area (Å²) in [5.74, 6) is -0.290. The summed E-state index contributed by atoms with van der Waals surface area (Å²) >= 11 is 1.37. The molecule has 27 heavy (non-hydrogen) atoms. The van der Waals surface area contributed by atoms with Crippen molar-refractivity contribution < 1.29 is 4.39 Å². The molecule has 0 saturated heterocycles. The van der Waals surface area contributed by atoms with E-state index in [-0.39, 0.29) is 5.82 Å². The molecule has 4 aromatic rings. The topological polar surface area (TPSA) is 61.6 Å². The smallest absolute Gasteiger partial charge is 0.136 e. The second-order valence-electron chi connectivity index (χ2n) is 5.77. The van der Waals surface area contributed by atoms with Crippen molar-refractivity contribution in [1.82, 2.24) is 9.97 Å². The molecule has 4 nitrogen and oxygen atoms in total. The number of halogens is 1. The summed E-state index contributed by atoms with van der Waals surface area (Å²) in [7, 11) is 0. The van der Waals surface area contributed by atoms with E-state index in [1.165, 1.54) is 23.5 Å². The molecule has 0 aliphatic heterocycles. The van der Waals surface area contributed by atoms with Crippen LogP contribution >= 0.6 is 11.3 Å². The molecule has 1 N–H and O–H groups in total. The van der Waals surface area contributed by atoms with E-state index in [0.717, 1.165) is 22.2 Å². The van der Waals surface area contributed by atoms with Gasteiger partial charge in [-0.05, 0) is 48.5 Å². The third kappa shape index (κ3) is 3.68. The maximum Gasteiger partial charge on any atom is 0.136 e. The number of allylic oxidation sites excluding steroid dienone is 1. The van der Waals surface area contributed by atoms with Gasteiger partial charge in [0.05, 0.1) is 11.2 Å². The lowest BCUT2D eigenvalue weighted by molar-refractivity contribution is 0.628. The highest BCUT2D eigenvalue weighted by atomic mass is 32.1. The number of rotatable bonds is 4. The first kappa shape index (κ1) is 16.9. The standard InChI is InChI=1S/C21H13FN4S/c22-17-5-3-14(4-6-17)20-13-27-21(26-20)16(11-23)12-25-18-7-8-19-15(10-18)2-1-9-24-19/h1-10,12-13,25H. The predicted octanol–water partition coefficient (Wildman–Crippen LogP) is 5.47. The number of nitriles is 1. The minimum Gasteiger partial charge on any atom is -0.360 e. The van der Waals surface area contributed by atoms with E-state index in [1.807, 2.05) is 35.7 Å². The van der Waals surface area contributed by atoms with Crippen LogP contribution in [0.3, 0.4) is 0 Å². The molecule has 0 atom stereocenters. The summed E-state index contributed by atoms with van der Waals surface area (Å²) in [5.41, 5.74) is 3.73. The highest BCUT2D eigenvalue weighted by molar-refractivity contribution is 7.11. The van der Waals surface area contributed by atoms with Gasteiger partial charge < -0.3 is 5.32 Å². The molecule has 0 spiro atoms. The normalized spacial score (nSPS) is 11.3. The molecule has 0 amide bonds. The number of fused-ring (bicyclic) bond motifs is 1. The highest BCUT2D eigenvalue weighted by Gasteiger charge is 2.09. The zero-order valence-corrected chi connectivity index (χ0v) is 14.9. The molecule has 0 aliphatic rings. The van der Waals surface area contributed by atoms with Crippen LogP contribution in [0, 0.1) is 17.1 Å². The van der Waals surface area contributed by atoms with Gasteiger partial charge in [0, 0.05) is 34.4 Å². The number of nitrogens with zero attached hydrogens (tertiary/aromatic N) is 3. The van der Waals surface area contributed by atoms with Gasteiger partial charge in [0.2, 0.25) is 0 Å². The van der Waals surface area contributed by atoms with Crippen molar-refractivity contribution in [3.05, 3.63) is 83.2 Å². The molecule has 2 aromatic carbocycles. The van der Waals surface area contributed by atoms with Crippen molar-refractivity contribution in [1.29, 1.82) is 5.26 Å². The first-order valence-corrected chi connectivity index (χ1v) is 9.04. The minimum absolute atomic E-state index is 0.290. The maximum absolute atomic E-state index is 13.1. The summed E-state index contributed by atoms with van der Waals surface area (Å²) in [5, 5.41) is 16.1. The molecule has 0 saturated carbocycles. The van der Waals surface area contributed by atoms with Crippen molar-refractivity contribution in [3.63, 3.8) is 0 Å². The van der Waals surface area contributed by atoms with Crippen LogP contribution in [0.5, 0.6) is 0 Å². The summed E-state index contributed by atoms with van der Waals surface area (Å²) in [6, 6.07) is 18.0. The van der Waals surface area contributed by atoms with Crippen LogP contribution in [-0.4, -0.2) is 9.97 Å². The Kier molecular flexibility index (Phi) is 4.60. The zero-order valence-electron chi connectivity index (χ0n) is 14.1. The van der Waals surface area contributed by atoms with Gasteiger partial charge in [-0.3, -0.25) is 4.98 Å². The van der Waals surface area contributed by atoms with Gasteiger partial charge in [-0.15, -0.1) is 11.3 Å². The van der Waals surface area contributed by atoms with Gasteiger partial charge in [-0.2, -0.15) is 5.26 Å². The summed E-state index contributed by atoms with van der Waals surface area (Å²) in [4.78, 5) is 8.79. The van der Waals surface area contributed by atoms with Crippen LogP contribution in [-0.2, 0) is 0 Å². The van der Waals surface area contributed by atoms with Gasteiger partial charge >= 0.3 is 0 Å². The van der Waals surface area contributed by atoms with Gasteiger partial charge in [0.25, 0.3) is 0 Å². The Balaban J connectivity index is 1.58. The molecule has 0 radical (unpaired) electrons. The second kappa shape index (κ2) is 7.36. The fourth-order valence-corrected chi connectivity index (χ4v) is 3.41. The average molecular weight is 372 g/mol. The maximum atomic E-state index is 13.1. The molecule has 0 unspecified atom stereocenters. The third-order valence-electron chi connectivity index (χ3n) is 3.98. The quantitative estimate of drug-likeness (QED) is 0.482. The van der Waals surface area contributed by atoms with Crippen LogP contribution in [0.4, 0.5) is 10.1 Å². The van der Waals surface area contributed by atoms with Crippen molar-refractivity contribution in [2.45, 2.75) is 0 Å². The Bertz CT molecular complexity index is 1170. The number of benzene rings is 2. The second-order valence-corrected chi connectivity index (χ2v) is 6.63. The van der Waals surface area contributed by atoms with Crippen LogP contribution in [0.2, 0.25) is 0 Å². The van der Waals surface area contributed by atoms with E-state index in [2.05, 4.69) is 21.4 Å². The number of anilines is 1. The number of thiazole rings is 1. The van der Waals surface area contributed by atoms with Gasteiger partial charge in [0.1, 0.15) is 22.5 Å². The molecule has 2 heterocycles. The van der Waals surface area contributed by atoms with E-state index in [1.54, 1.807) is 24.5 Å². The molecule has 0 bridgehead atoms. The van der Waals surface area contributed by atoms with E-state index in [0.29, 0.717) is 16.3 Å². The lowest BCUT2D eigenvalue weighted by atomic mass is 10.2. The molecule has 130 valence electrons. The van der Waals surface area contributed by atoms with Crippen LogP contribution in [0.15, 0.2) is 72.4 Å². The number of aromatic nitrogens is 2. The van der Waals surface area contributed by atoms with Crippen molar-refractivity contribution in [3.8, 4) is 17.3 Å². The van der Waals surface area contributed by atoms with Crippen LogP contribution < -0.4 is 5.32 Å². The Hall–Kier alpha value is -3.56.